The molecule has 0 saturated carbocycles. The maximum atomic E-state index is 12.9. The molecule has 5 nitrogen and oxygen atoms in total. The van der Waals surface area contributed by atoms with Gasteiger partial charge in [0.2, 0.25) is 0 Å². The summed E-state index contributed by atoms with van der Waals surface area (Å²) in [5.41, 5.74) is 0. The number of hydrogen-bond donors (Lipinski definition) is 0. The van der Waals surface area contributed by atoms with Crippen LogP contribution >= 0.6 is 46.4 Å². The first-order valence-electron chi connectivity index (χ1n) is 5.19. The third-order valence-electron chi connectivity index (χ3n) is 1.92. The summed E-state index contributed by atoms with van der Waals surface area (Å²) in [7, 11) is 0. The van der Waals surface area contributed by atoms with Crippen LogP contribution in [0.15, 0.2) is 0 Å². The van der Waals surface area contributed by atoms with Crippen LogP contribution in [0.5, 0.6) is 0 Å². The highest BCUT2D eigenvalue weighted by Crippen LogP contribution is 2.54. The minimum Gasteiger partial charge on any atom is -0.241 e. The molecule has 0 aromatic heterocycles. The summed E-state index contributed by atoms with van der Waals surface area (Å²) < 4.78 is 135. The van der Waals surface area contributed by atoms with Crippen molar-refractivity contribution in [1.29, 1.82) is 0 Å². The van der Waals surface area contributed by atoms with Gasteiger partial charge in [0.05, 0.1) is 0 Å². The van der Waals surface area contributed by atoms with Gasteiger partial charge < -0.3 is 0 Å². The summed E-state index contributed by atoms with van der Waals surface area (Å²) in [6, 6.07) is 0. The van der Waals surface area contributed by atoms with Gasteiger partial charge in [-0.2, -0.15) is 13.2 Å². The lowest BCUT2D eigenvalue weighted by Crippen LogP contribution is -2.45. The monoisotopic (exact) mass is 494 g/mol. The molecule has 0 spiro atoms. The van der Waals surface area contributed by atoms with E-state index in [1.165, 1.54) is 0 Å². The van der Waals surface area contributed by atoms with Gasteiger partial charge >= 0.3 is 40.1 Å². The van der Waals surface area contributed by atoms with Gasteiger partial charge in [-0.25, -0.2) is 23.7 Å². The Morgan fingerprint density at radius 1 is 0.577 bits per heavy atom. The standard InChI is InChI=1S/C4Cl2F6O3.C3Cl2F4O2/c5-1(7)2(6,14-3(8,9)10)15-4(11,12)13-1;4-1(6)2(5,7)11-3(8,9)10-1. The summed E-state index contributed by atoms with van der Waals surface area (Å²) in [6.07, 6.45) is -14.7. The highest BCUT2D eigenvalue weighted by atomic mass is 35.5. The van der Waals surface area contributed by atoms with E-state index in [0.717, 1.165) is 0 Å². The van der Waals surface area contributed by atoms with Crippen LogP contribution < -0.4 is 0 Å². The number of halogens is 14. The Hall–Kier alpha value is 0.260. The van der Waals surface area contributed by atoms with Crippen molar-refractivity contribution in [2.75, 3.05) is 0 Å². The Balaban J connectivity index is 0.000000273. The summed E-state index contributed by atoms with van der Waals surface area (Å²) in [6.45, 7) is 0. The summed E-state index contributed by atoms with van der Waals surface area (Å²) in [5.74, 6) is 0. The average molecular weight is 496 g/mol. The topological polar surface area (TPSA) is 46.2 Å². The van der Waals surface area contributed by atoms with Crippen molar-refractivity contribution in [2.45, 2.75) is 40.1 Å². The smallest absolute Gasteiger partial charge is 0.241 e. The Kier molecular flexibility index (Phi) is 6.22. The van der Waals surface area contributed by atoms with Crippen molar-refractivity contribution < 1.29 is 67.6 Å². The predicted octanol–water partition coefficient (Wildman–Crippen LogP) is 5.18. The Labute approximate surface area is 154 Å². The molecule has 26 heavy (non-hydrogen) atoms. The van der Waals surface area contributed by atoms with Gasteiger partial charge in [0, 0.05) is 0 Å². The quantitative estimate of drug-likeness (QED) is 0.370. The van der Waals surface area contributed by atoms with Gasteiger partial charge in [-0.05, 0) is 46.4 Å². The fraction of sp³-hybridized carbons (Fsp3) is 1.00. The van der Waals surface area contributed by atoms with Crippen LogP contribution in [-0.2, 0) is 23.7 Å². The van der Waals surface area contributed by atoms with Crippen molar-refractivity contribution >= 4 is 46.4 Å². The van der Waals surface area contributed by atoms with Crippen LogP contribution in [0.1, 0.15) is 0 Å². The molecule has 2 saturated heterocycles. The van der Waals surface area contributed by atoms with Crippen molar-refractivity contribution in [3.63, 3.8) is 0 Å². The van der Waals surface area contributed by atoms with E-state index in [4.69, 9.17) is 0 Å². The molecule has 0 aromatic carbocycles. The third kappa shape index (κ3) is 5.64. The van der Waals surface area contributed by atoms with E-state index in [1.807, 2.05) is 0 Å². The lowest BCUT2D eigenvalue weighted by molar-refractivity contribution is -0.423. The van der Waals surface area contributed by atoms with Crippen LogP contribution in [0.3, 0.4) is 0 Å². The van der Waals surface area contributed by atoms with Crippen molar-refractivity contribution in [3.05, 3.63) is 0 Å². The molecule has 2 aliphatic heterocycles. The van der Waals surface area contributed by atoms with Gasteiger partial charge in [-0.3, -0.25) is 0 Å². The molecule has 2 fully saturated rings. The van der Waals surface area contributed by atoms with E-state index in [0.29, 0.717) is 0 Å². The molecule has 0 amide bonds. The van der Waals surface area contributed by atoms with Crippen LogP contribution in [0.25, 0.3) is 0 Å². The number of ether oxygens (including phenoxy) is 5. The summed E-state index contributed by atoms with van der Waals surface area (Å²) in [5, 5.41) is -16.0. The van der Waals surface area contributed by atoms with E-state index in [2.05, 4.69) is 70.1 Å². The van der Waals surface area contributed by atoms with Crippen molar-refractivity contribution in [2.24, 2.45) is 0 Å². The van der Waals surface area contributed by atoms with Crippen LogP contribution in [0.2, 0.25) is 0 Å². The van der Waals surface area contributed by atoms with Gasteiger partial charge in [-0.15, -0.1) is 30.7 Å². The second-order valence-electron chi connectivity index (χ2n) is 3.97. The molecule has 0 radical (unpaired) electrons. The second-order valence-corrected chi connectivity index (χ2v) is 5.93. The largest absolute Gasteiger partial charge is 0.526 e. The number of hydrogen-bond acceptors (Lipinski definition) is 5. The van der Waals surface area contributed by atoms with E-state index in [-0.39, 0.29) is 0 Å². The minimum atomic E-state index is -5.54. The number of rotatable bonds is 1. The number of alkyl halides is 14. The fourth-order valence-electron chi connectivity index (χ4n) is 1.11. The maximum absolute atomic E-state index is 12.9. The molecular weight excluding hydrogens is 496 g/mol. The first kappa shape index (κ1) is 24.3. The van der Waals surface area contributed by atoms with E-state index in [1.54, 1.807) is 0 Å². The van der Waals surface area contributed by atoms with Gasteiger partial charge in [0.15, 0.2) is 0 Å². The third-order valence-corrected chi connectivity index (χ3v) is 3.48. The highest BCUT2D eigenvalue weighted by molar-refractivity contribution is 6.32. The highest BCUT2D eigenvalue weighted by Gasteiger charge is 2.74. The van der Waals surface area contributed by atoms with E-state index < -0.39 is 40.1 Å². The lowest BCUT2D eigenvalue weighted by atomic mass is 10.6. The SMILES string of the molecule is FC(F)(F)OC1(Cl)OC(F)(F)OC1(F)Cl.FC1(F)OC(F)(Cl)C(F)(Cl)O1. The van der Waals surface area contributed by atoms with E-state index >= 15 is 0 Å². The molecule has 0 aromatic rings. The molecule has 4 unspecified atom stereocenters. The predicted molar refractivity (Wildman–Crippen MR) is 59.0 cm³/mol. The molecule has 0 bridgehead atoms. The van der Waals surface area contributed by atoms with Gasteiger partial charge in [0.1, 0.15) is 0 Å². The lowest BCUT2D eigenvalue weighted by Gasteiger charge is -2.25. The first-order valence-corrected chi connectivity index (χ1v) is 6.70. The Bertz CT molecular complexity index is 524. The van der Waals surface area contributed by atoms with Crippen molar-refractivity contribution in [3.8, 4) is 0 Å². The summed E-state index contributed by atoms with van der Waals surface area (Å²) >= 11 is 18.1. The van der Waals surface area contributed by atoms with Crippen molar-refractivity contribution in [1.82, 2.24) is 0 Å². The van der Waals surface area contributed by atoms with Crippen LogP contribution in [0, 0.1) is 0 Å². The van der Waals surface area contributed by atoms with Crippen LogP contribution in [0.4, 0.5) is 43.9 Å². The molecule has 156 valence electrons. The average Bonchev–Trinajstić information content (AvgIpc) is 2.43. The maximum Gasteiger partial charge on any atom is 0.526 e. The normalized spacial score (nSPS) is 44.5. The summed E-state index contributed by atoms with van der Waals surface area (Å²) in [4.78, 5) is 0. The van der Waals surface area contributed by atoms with Gasteiger partial charge in [-0.1, -0.05) is 0 Å². The zero-order valence-corrected chi connectivity index (χ0v) is 13.9. The molecule has 4 atom stereocenters. The van der Waals surface area contributed by atoms with Gasteiger partial charge in [0.25, 0.3) is 0 Å². The van der Waals surface area contributed by atoms with E-state index in [9.17, 15) is 43.9 Å². The molecule has 2 rings (SSSR count). The molecule has 0 N–H and O–H groups in total. The molecular formula is C7Cl4F10O5. The zero-order chi connectivity index (χ0) is 21.0. The first-order chi connectivity index (χ1) is 11.0. The molecule has 19 heteroatoms. The molecule has 0 aliphatic carbocycles. The molecule has 2 aliphatic rings. The fourth-order valence-corrected chi connectivity index (χ4v) is 1.75. The Morgan fingerprint density at radius 3 is 1.08 bits per heavy atom. The zero-order valence-electron chi connectivity index (χ0n) is 10.8. The van der Waals surface area contributed by atoms with Crippen LogP contribution in [-0.4, -0.2) is 40.1 Å². The minimum absolute atomic E-state index is 2.77. The Morgan fingerprint density at radius 2 is 0.885 bits per heavy atom. The second kappa shape index (κ2) is 6.66. The molecule has 2 heterocycles.